The number of aliphatic imine (C=N–C) groups is 1. The fraction of sp³-hybridized carbons (Fsp3) is 0.267. The Balaban J connectivity index is 0.00000176. The van der Waals surface area contributed by atoms with Crippen LogP contribution in [0.2, 0.25) is 0 Å². The minimum atomic E-state index is -0.375. The number of hydrogen-bond acceptors (Lipinski definition) is 4. The van der Waals surface area contributed by atoms with Gasteiger partial charge in [-0.25, -0.2) is 0 Å². The third kappa shape index (κ3) is 2.96. The van der Waals surface area contributed by atoms with E-state index in [2.05, 4.69) is 4.99 Å². The molecule has 0 saturated heterocycles. The zero-order valence-corrected chi connectivity index (χ0v) is 14.7. The largest absolute Gasteiger partial charge is 0.494 e. The number of carbonyl (C=O) groups excluding carboxylic acids is 2. The van der Waals surface area contributed by atoms with Gasteiger partial charge in [-0.15, -0.1) is 17.0 Å². The lowest BCUT2D eigenvalue weighted by Crippen LogP contribution is -2.36. The number of carbonyl (C=O) groups is 2. The van der Waals surface area contributed by atoms with E-state index in [1.54, 1.807) is 0 Å². The van der Waals surface area contributed by atoms with Gasteiger partial charge in [0.05, 0.1) is 12.3 Å². The van der Waals surface area contributed by atoms with Gasteiger partial charge in [0.15, 0.2) is 5.17 Å². The highest BCUT2D eigenvalue weighted by Crippen LogP contribution is 2.41. The van der Waals surface area contributed by atoms with E-state index in [1.807, 2.05) is 38.1 Å². The summed E-state index contributed by atoms with van der Waals surface area (Å²) in [7, 11) is 0. The number of halogens is 1. The van der Waals surface area contributed by atoms with Crippen molar-refractivity contribution in [2.75, 3.05) is 6.61 Å². The average molecular weight is 383 g/mol. The van der Waals surface area contributed by atoms with Gasteiger partial charge in [-0.2, -0.15) is 4.99 Å². The van der Waals surface area contributed by atoms with E-state index in [4.69, 9.17) is 4.74 Å². The molecule has 3 rings (SSSR count). The van der Waals surface area contributed by atoms with Crippen molar-refractivity contribution in [3.63, 3.8) is 0 Å². The monoisotopic (exact) mass is 382 g/mol. The van der Waals surface area contributed by atoms with Gasteiger partial charge in [-0.3, -0.25) is 14.5 Å². The maximum atomic E-state index is 12.1. The van der Waals surface area contributed by atoms with Crippen LogP contribution in [-0.4, -0.2) is 28.5 Å². The summed E-state index contributed by atoms with van der Waals surface area (Å²) >= 11 is 1.36. The molecule has 1 aromatic rings. The molecule has 0 spiro atoms. The van der Waals surface area contributed by atoms with Gasteiger partial charge in [-0.1, -0.05) is 11.8 Å². The van der Waals surface area contributed by atoms with Crippen LogP contribution in [0.25, 0.3) is 5.70 Å². The van der Waals surface area contributed by atoms with Gasteiger partial charge in [0, 0.05) is 4.91 Å². The molecule has 2 aliphatic rings. The van der Waals surface area contributed by atoms with Gasteiger partial charge < -0.3 is 4.74 Å². The molecule has 0 N–H and O–H groups in total. The Bertz CT molecular complexity index is 683. The first-order valence-corrected chi connectivity index (χ1v) is 7.48. The van der Waals surface area contributed by atoms with Gasteiger partial charge in [0.2, 0.25) is 5.91 Å². The lowest BCUT2D eigenvalue weighted by Gasteiger charge is -2.22. The fourth-order valence-electron chi connectivity index (χ4n) is 2.35. The van der Waals surface area contributed by atoms with Crippen molar-refractivity contribution in [3.05, 3.63) is 34.7 Å². The molecule has 2 heterocycles. The van der Waals surface area contributed by atoms with Crippen molar-refractivity contribution >= 4 is 51.4 Å². The normalized spacial score (nSPS) is 17.2. The van der Waals surface area contributed by atoms with E-state index >= 15 is 0 Å². The highest BCUT2D eigenvalue weighted by molar-refractivity contribution is 8.93. The quantitative estimate of drug-likeness (QED) is 0.753. The molecule has 7 heteroatoms. The maximum Gasteiger partial charge on any atom is 0.257 e. The summed E-state index contributed by atoms with van der Waals surface area (Å²) in [4.78, 5) is 30.0. The van der Waals surface area contributed by atoms with Crippen LogP contribution in [0.4, 0.5) is 0 Å². The lowest BCUT2D eigenvalue weighted by molar-refractivity contribution is -0.131. The summed E-state index contributed by atoms with van der Waals surface area (Å²) in [5.74, 6) is 0.192. The minimum absolute atomic E-state index is 0. The molecule has 5 nitrogen and oxygen atoms in total. The van der Waals surface area contributed by atoms with Crippen molar-refractivity contribution in [3.8, 4) is 5.75 Å². The molecule has 0 bridgehead atoms. The molecule has 2 aliphatic heterocycles. The Kier molecular flexibility index (Phi) is 5.08. The summed E-state index contributed by atoms with van der Waals surface area (Å²) in [6.45, 7) is 4.47. The topological polar surface area (TPSA) is 59.0 Å². The van der Waals surface area contributed by atoms with Crippen LogP contribution >= 0.6 is 28.7 Å². The number of allylic oxidation sites excluding steroid dienone is 1. The van der Waals surface area contributed by atoms with Crippen LogP contribution < -0.4 is 4.74 Å². The molecule has 0 fully saturated rings. The smallest absolute Gasteiger partial charge is 0.257 e. The van der Waals surface area contributed by atoms with Crippen molar-refractivity contribution in [2.45, 2.75) is 20.3 Å². The molecular weight excluding hydrogens is 368 g/mol. The van der Waals surface area contributed by atoms with E-state index in [0.717, 1.165) is 21.9 Å². The van der Waals surface area contributed by atoms with E-state index in [0.29, 0.717) is 11.8 Å². The molecule has 2 amide bonds. The number of thioether (sulfide) groups is 1. The molecular formula is C15H15BrN2O3S. The molecule has 0 radical (unpaired) electrons. The number of amides is 2. The Morgan fingerprint density at radius 3 is 2.59 bits per heavy atom. The van der Waals surface area contributed by atoms with E-state index in [-0.39, 0.29) is 35.2 Å². The molecule has 0 saturated carbocycles. The highest BCUT2D eigenvalue weighted by atomic mass is 79.9. The van der Waals surface area contributed by atoms with Gasteiger partial charge in [0.1, 0.15) is 12.2 Å². The van der Waals surface area contributed by atoms with Crippen LogP contribution in [0.3, 0.4) is 0 Å². The highest BCUT2D eigenvalue weighted by Gasteiger charge is 2.37. The number of rotatable bonds is 3. The van der Waals surface area contributed by atoms with E-state index in [1.165, 1.54) is 16.7 Å². The number of ether oxygens (including phenoxy) is 1. The fourth-order valence-corrected chi connectivity index (χ4v) is 3.36. The van der Waals surface area contributed by atoms with E-state index < -0.39 is 0 Å². The van der Waals surface area contributed by atoms with Crippen molar-refractivity contribution in [1.82, 2.24) is 4.90 Å². The zero-order chi connectivity index (χ0) is 15.0. The van der Waals surface area contributed by atoms with Crippen molar-refractivity contribution in [1.29, 1.82) is 0 Å². The Morgan fingerprint density at radius 1 is 1.27 bits per heavy atom. The van der Waals surface area contributed by atoms with Gasteiger partial charge in [0.25, 0.3) is 5.91 Å². The average Bonchev–Trinajstić information content (AvgIpc) is 2.76. The van der Waals surface area contributed by atoms with Crippen LogP contribution in [0, 0.1) is 0 Å². The second-order valence-electron chi connectivity index (χ2n) is 4.66. The first-order valence-electron chi connectivity index (χ1n) is 6.66. The van der Waals surface area contributed by atoms with Crippen molar-refractivity contribution < 1.29 is 14.3 Å². The van der Waals surface area contributed by atoms with Crippen LogP contribution in [0.1, 0.15) is 25.8 Å². The van der Waals surface area contributed by atoms with Crippen LogP contribution in [0.5, 0.6) is 5.75 Å². The molecule has 1 aromatic carbocycles. The molecule has 116 valence electrons. The second-order valence-corrected chi connectivity index (χ2v) is 5.84. The second kappa shape index (κ2) is 6.66. The first kappa shape index (κ1) is 16.8. The Hall–Kier alpha value is -1.60. The Morgan fingerprint density at radius 2 is 1.95 bits per heavy atom. The zero-order valence-electron chi connectivity index (χ0n) is 12.2. The third-order valence-electron chi connectivity index (χ3n) is 3.20. The third-order valence-corrected chi connectivity index (χ3v) is 4.16. The number of fused-ring (bicyclic) bond motifs is 1. The van der Waals surface area contributed by atoms with Crippen molar-refractivity contribution in [2.24, 2.45) is 4.99 Å². The molecule has 0 aromatic heterocycles. The lowest BCUT2D eigenvalue weighted by atomic mass is 10.1. The van der Waals surface area contributed by atoms with Crippen LogP contribution in [0.15, 0.2) is 34.2 Å². The van der Waals surface area contributed by atoms with E-state index in [9.17, 15) is 9.59 Å². The van der Waals surface area contributed by atoms with Gasteiger partial charge in [-0.05, 0) is 43.7 Å². The maximum absolute atomic E-state index is 12.1. The SMILES string of the molecule is Br.CCOc1ccc(C2=C(C)SC3=NC(=O)CC(=O)N32)cc1. The molecule has 0 aliphatic carbocycles. The molecule has 0 unspecified atom stereocenters. The van der Waals surface area contributed by atoms with Crippen LogP contribution in [-0.2, 0) is 9.59 Å². The van der Waals surface area contributed by atoms with Gasteiger partial charge >= 0.3 is 0 Å². The summed E-state index contributed by atoms with van der Waals surface area (Å²) in [5.41, 5.74) is 1.72. The Labute approximate surface area is 143 Å². The summed E-state index contributed by atoms with van der Waals surface area (Å²) in [6.07, 6.45) is -0.169. The summed E-state index contributed by atoms with van der Waals surface area (Å²) in [5, 5.41) is 0.456. The molecule has 22 heavy (non-hydrogen) atoms. The molecule has 0 atom stereocenters. The first-order chi connectivity index (χ1) is 10.1. The summed E-state index contributed by atoms with van der Waals surface area (Å²) < 4.78 is 5.42. The minimum Gasteiger partial charge on any atom is -0.494 e. The predicted octanol–water partition coefficient (Wildman–Crippen LogP) is 3.21. The summed E-state index contributed by atoms with van der Waals surface area (Å²) in [6, 6.07) is 7.57. The number of nitrogens with zero attached hydrogens (tertiary/aromatic N) is 2. The number of hydrogen-bond donors (Lipinski definition) is 0. The number of benzene rings is 1. The number of amidine groups is 1. The standard InChI is InChI=1S/C15H14N2O3S.BrH/c1-3-20-11-6-4-10(5-7-11)14-9(2)21-15-16-12(18)8-13(19)17(14)15;/h4-7H,3,8H2,1-2H3;1H. The predicted molar refractivity (Wildman–Crippen MR) is 92.0 cm³/mol.